The lowest BCUT2D eigenvalue weighted by molar-refractivity contribution is 0.471. The van der Waals surface area contributed by atoms with Gasteiger partial charge in [-0.2, -0.15) is 10.2 Å². The van der Waals surface area contributed by atoms with Crippen LogP contribution < -0.4 is 0 Å². The molecule has 1 aromatic rings. The van der Waals surface area contributed by atoms with E-state index in [-0.39, 0.29) is 0 Å². The number of rotatable bonds is 1. The summed E-state index contributed by atoms with van der Waals surface area (Å²) in [5.74, 6) is 0.292. The molecule has 0 radical (unpaired) electrons. The normalized spacial score (nSPS) is 10.7. The molecule has 1 rings (SSSR count). The Bertz CT molecular complexity index is 281. The molecule has 0 aromatic heterocycles. The van der Waals surface area contributed by atoms with Crippen molar-refractivity contribution in [1.29, 1.82) is 0 Å². The molecule has 0 aliphatic heterocycles. The fourth-order valence-electron chi connectivity index (χ4n) is 0.817. The SMILES string of the molecule is CN=Nc1ccc(O)c(C)c1. The van der Waals surface area contributed by atoms with E-state index in [1.54, 1.807) is 25.2 Å². The van der Waals surface area contributed by atoms with Gasteiger partial charge in [-0.15, -0.1) is 0 Å². The summed E-state index contributed by atoms with van der Waals surface area (Å²) >= 11 is 0. The first-order chi connectivity index (χ1) is 5.24. The molecule has 1 N–H and O–H groups in total. The summed E-state index contributed by atoms with van der Waals surface area (Å²) in [5, 5.41) is 16.6. The van der Waals surface area contributed by atoms with E-state index in [0.717, 1.165) is 11.3 Å². The molecular weight excluding hydrogens is 140 g/mol. The van der Waals surface area contributed by atoms with Gasteiger partial charge in [0.25, 0.3) is 0 Å². The summed E-state index contributed by atoms with van der Waals surface area (Å²) in [5.41, 5.74) is 1.58. The van der Waals surface area contributed by atoms with Crippen LogP contribution in [-0.2, 0) is 0 Å². The lowest BCUT2D eigenvalue weighted by atomic mass is 10.2. The van der Waals surface area contributed by atoms with E-state index in [9.17, 15) is 0 Å². The zero-order chi connectivity index (χ0) is 8.27. The maximum absolute atomic E-state index is 9.14. The highest BCUT2D eigenvalue weighted by atomic mass is 16.3. The first-order valence-electron chi connectivity index (χ1n) is 3.33. The van der Waals surface area contributed by atoms with Gasteiger partial charge < -0.3 is 5.11 Å². The number of hydrogen-bond acceptors (Lipinski definition) is 3. The van der Waals surface area contributed by atoms with E-state index in [2.05, 4.69) is 10.2 Å². The van der Waals surface area contributed by atoms with Crippen LogP contribution >= 0.6 is 0 Å². The molecule has 0 saturated carbocycles. The van der Waals surface area contributed by atoms with E-state index in [0.29, 0.717) is 5.75 Å². The Hall–Kier alpha value is -1.38. The van der Waals surface area contributed by atoms with Crippen LogP contribution in [0.25, 0.3) is 0 Å². The van der Waals surface area contributed by atoms with Crippen molar-refractivity contribution in [2.24, 2.45) is 10.2 Å². The van der Waals surface area contributed by atoms with Gasteiger partial charge in [-0.1, -0.05) is 0 Å². The minimum Gasteiger partial charge on any atom is -0.508 e. The summed E-state index contributed by atoms with van der Waals surface area (Å²) in [6, 6.07) is 5.11. The maximum Gasteiger partial charge on any atom is 0.118 e. The quantitative estimate of drug-likeness (QED) is 0.614. The molecule has 0 aliphatic rings. The third kappa shape index (κ3) is 1.77. The van der Waals surface area contributed by atoms with Crippen LogP contribution in [0.5, 0.6) is 5.75 Å². The number of azo groups is 1. The lowest BCUT2D eigenvalue weighted by Gasteiger charge is -1.97. The number of aromatic hydroxyl groups is 1. The standard InChI is InChI=1S/C8H10N2O/c1-6-5-7(10-9-2)3-4-8(6)11/h3-5,11H,1-2H3. The molecule has 0 heterocycles. The molecule has 11 heavy (non-hydrogen) atoms. The van der Waals surface area contributed by atoms with Crippen molar-refractivity contribution in [2.45, 2.75) is 6.92 Å². The second-order valence-corrected chi connectivity index (χ2v) is 2.27. The summed E-state index contributed by atoms with van der Waals surface area (Å²) < 4.78 is 0. The van der Waals surface area contributed by atoms with Crippen molar-refractivity contribution in [1.82, 2.24) is 0 Å². The molecular formula is C8H10N2O. The van der Waals surface area contributed by atoms with Crippen LogP contribution in [0.3, 0.4) is 0 Å². The van der Waals surface area contributed by atoms with E-state index < -0.39 is 0 Å². The van der Waals surface area contributed by atoms with Gasteiger partial charge in [-0.25, -0.2) is 0 Å². The first kappa shape index (κ1) is 7.72. The van der Waals surface area contributed by atoms with Crippen LogP contribution in [-0.4, -0.2) is 12.2 Å². The van der Waals surface area contributed by atoms with Crippen molar-refractivity contribution < 1.29 is 5.11 Å². The molecule has 3 heteroatoms. The highest BCUT2D eigenvalue weighted by molar-refractivity contribution is 5.45. The van der Waals surface area contributed by atoms with Gasteiger partial charge in [-0.05, 0) is 30.7 Å². The van der Waals surface area contributed by atoms with E-state index in [4.69, 9.17) is 5.11 Å². The molecule has 0 unspecified atom stereocenters. The van der Waals surface area contributed by atoms with Crippen molar-refractivity contribution in [3.63, 3.8) is 0 Å². The Labute approximate surface area is 65.4 Å². The van der Waals surface area contributed by atoms with Crippen LogP contribution in [0, 0.1) is 6.92 Å². The fraction of sp³-hybridized carbons (Fsp3) is 0.250. The Balaban J connectivity index is 3.05. The van der Waals surface area contributed by atoms with Crippen LogP contribution in [0.1, 0.15) is 5.56 Å². The highest BCUT2D eigenvalue weighted by Crippen LogP contribution is 2.21. The zero-order valence-electron chi connectivity index (χ0n) is 6.57. The summed E-state index contributed by atoms with van der Waals surface area (Å²) in [4.78, 5) is 0. The van der Waals surface area contributed by atoms with Crippen molar-refractivity contribution in [3.8, 4) is 5.75 Å². The number of phenolic OH excluding ortho intramolecular Hbond substituents is 1. The zero-order valence-corrected chi connectivity index (χ0v) is 6.57. The third-order valence-electron chi connectivity index (χ3n) is 1.40. The second kappa shape index (κ2) is 3.14. The Morgan fingerprint density at radius 1 is 1.36 bits per heavy atom. The van der Waals surface area contributed by atoms with Gasteiger partial charge in [0.15, 0.2) is 0 Å². The predicted octanol–water partition coefficient (Wildman–Crippen LogP) is 2.41. The number of hydrogen-bond donors (Lipinski definition) is 1. The van der Waals surface area contributed by atoms with Crippen LogP contribution in [0.15, 0.2) is 28.4 Å². The van der Waals surface area contributed by atoms with Gasteiger partial charge >= 0.3 is 0 Å². The van der Waals surface area contributed by atoms with E-state index in [1.165, 1.54) is 0 Å². The Morgan fingerprint density at radius 2 is 2.09 bits per heavy atom. The highest BCUT2D eigenvalue weighted by Gasteiger charge is 1.95. The maximum atomic E-state index is 9.14. The van der Waals surface area contributed by atoms with Gasteiger partial charge in [0.05, 0.1) is 5.69 Å². The molecule has 0 atom stereocenters. The molecule has 0 bridgehead atoms. The predicted molar refractivity (Wildman–Crippen MR) is 43.3 cm³/mol. The van der Waals surface area contributed by atoms with E-state index in [1.807, 2.05) is 6.92 Å². The van der Waals surface area contributed by atoms with Gasteiger partial charge in [0, 0.05) is 7.05 Å². The molecule has 1 aromatic carbocycles. The Kier molecular flexibility index (Phi) is 2.21. The molecule has 58 valence electrons. The molecule has 0 saturated heterocycles. The monoisotopic (exact) mass is 150 g/mol. The lowest BCUT2D eigenvalue weighted by Crippen LogP contribution is -1.72. The third-order valence-corrected chi connectivity index (χ3v) is 1.40. The average Bonchev–Trinajstić information content (AvgIpc) is 1.98. The minimum absolute atomic E-state index is 0.292. The first-order valence-corrected chi connectivity index (χ1v) is 3.33. The number of nitrogens with zero attached hydrogens (tertiary/aromatic N) is 2. The summed E-state index contributed by atoms with van der Waals surface area (Å²) in [7, 11) is 1.61. The van der Waals surface area contributed by atoms with Crippen molar-refractivity contribution >= 4 is 5.69 Å². The molecule has 0 amide bonds. The number of aryl methyl sites for hydroxylation is 1. The molecule has 3 nitrogen and oxygen atoms in total. The number of phenols is 1. The topological polar surface area (TPSA) is 45.0 Å². The average molecular weight is 150 g/mol. The van der Waals surface area contributed by atoms with Crippen molar-refractivity contribution in [3.05, 3.63) is 23.8 Å². The molecule has 0 aliphatic carbocycles. The molecule has 0 fully saturated rings. The van der Waals surface area contributed by atoms with Gasteiger partial charge in [0.1, 0.15) is 5.75 Å². The van der Waals surface area contributed by atoms with Crippen LogP contribution in [0.2, 0.25) is 0 Å². The fourth-order valence-corrected chi connectivity index (χ4v) is 0.817. The Morgan fingerprint density at radius 3 is 2.64 bits per heavy atom. The van der Waals surface area contributed by atoms with Gasteiger partial charge in [-0.3, -0.25) is 0 Å². The summed E-state index contributed by atoms with van der Waals surface area (Å²) in [6.07, 6.45) is 0. The van der Waals surface area contributed by atoms with E-state index >= 15 is 0 Å². The second-order valence-electron chi connectivity index (χ2n) is 2.27. The van der Waals surface area contributed by atoms with Gasteiger partial charge in [0.2, 0.25) is 0 Å². The molecule has 0 spiro atoms. The minimum atomic E-state index is 0.292. The number of benzene rings is 1. The van der Waals surface area contributed by atoms with Crippen molar-refractivity contribution in [2.75, 3.05) is 7.05 Å². The summed E-state index contributed by atoms with van der Waals surface area (Å²) in [6.45, 7) is 1.82. The smallest absolute Gasteiger partial charge is 0.118 e. The largest absolute Gasteiger partial charge is 0.508 e. The van der Waals surface area contributed by atoms with Crippen LogP contribution in [0.4, 0.5) is 5.69 Å².